The Morgan fingerprint density at radius 3 is 2.82 bits per heavy atom. The highest BCUT2D eigenvalue weighted by atomic mass is 32.2. The van der Waals surface area contributed by atoms with Crippen molar-refractivity contribution in [2.24, 2.45) is 5.73 Å². The fraction of sp³-hybridized carbons (Fsp3) is 0.300. The van der Waals surface area contributed by atoms with Gasteiger partial charge >= 0.3 is 0 Å². The van der Waals surface area contributed by atoms with Crippen molar-refractivity contribution < 1.29 is 23.8 Å². The van der Waals surface area contributed by atoms with E-state index >= 15 is 0 Å². The third kappa shape index (κ3) is 3.79. The zero-order valence-electron chi connectivity index (χ0n) is 15.3. The van der Waals surface area contributed by atoms with Crippen molar-refractivity contribution in [1.82, 2.24) is 0 Å². The van der Waals surface area contributed by atoms with Gasteiger partial charge in [0.25, 0.3) is 0 Å². The van der Waals surface area contributed by atoms with Crippen LogP contribution >= 0.6 is 11.8 Å². The molecule has 8 heteroatoms. The van der Waals surface area contributed by atoms with E-state index in [1.807, 2.05) is 24.3 Å². The van der Waals surface area contributed by atoms with E-state index in [-0.39, 0.29) is 18.6 Å². The van der Waals surface area contributed by atoms with Crippen LogP contribution in [0.5, 0.6) is 11.5 Å². The van der Waals surface area contributed by atoms with Crippen molar-refractivity contribution in [3.8, 4) is 11.5 Å². The number of amides is 2. The first-order chi connectivity index (χ1) is 13.6. The molecule has 0 aliphatic carbocycles. The lowest BCUT2D eigenvalue weighted by atomic mass is 10.1. The topological polar surface area (TPSA) is 94.4 Å². The number of rotatable bonds is 7. The molecule has 2 atom stereocenters. The van der Waals surface area contributed by atoms with E-state index in [1.165, 1.54) is 16.7 Å². The maximum absolute atomic E-state index is 13.3. The number of ether oxygens (including phenoxy) is 3. The lowest BCUT2D eigenvalue weighted by Gasteiger charge is -2.33. The first kappa shape index (κ1) is 18.6. The minimum Gasteiger partial charge on any atom is -0.497 e. The highest BCUT2D eigenvalue weighted by molar-refractivity contribution is 8.00. The number of hydrogen-bond acceptors (Lipinski definition) is 6. The van der Waals surface area contributed by atoms with Crippen LogP contribution in [0, 0.1) is 0 Å². The molecule has 28 heavy (non-hydrogen) atoms. The van der Waals surface area contributed by atoms with Crippen molar-refractivity contribution in [2.45, 2.75) is 16.2 Å². The molecule has 0 bridgehead atoms. The molecule has 146 valence electrons. The fourth-order valence-corrected chi connectivity index (χ4v) is 4.32. The van der Waals surface area contributed by atoms with Crippen molar-refractivity contribution >= 4 is 29.3 Å². The second kappa shape index (κ2) is 7.73. The second-order valence-electron chi connectivity index (χ2n) is 6.53. The Hall–Kier alpha value is -2.71. The molecule has 2 amide bonds. The summed E-state index contributed by atoms with van der Waals surface area (Å²) in [6.45, 7) is 0.928. The van der Waals surface area contributed by atoms with Crippen LogP contribution in [0.1, 0.15) is 10.8 Å². The van der Waals surface area contributed by atoms with Crippen molar-refractivity contribution in [3.05, 3.63) is 48.0 Å². The maximum atomic E-state index is 13.3. The molecule has 1 fully saturated rings. The van der Waals surface area contributed by atoms with Gasteiger partial charge < -0.3 is 24.8 Å². The second-order valence-corrected chi connectivity index (χ2v) is 7.67. The number of nitrogens with two attached hydrogens (primary N) is 1. The summed E-state index contributed by atoms with van der Waals surface area (Å²) in [7, 11) is 1.57. The average molecular weight is 400 g/mol. The molecule has 0 spiro atoms. The van der Waals surface area contributed by atoms with Crippen LogP contribution in [0.15, 0.2) is 47.4 Å². The van der Waals surface area contributed by atoms with E-state index in [1.54, 1.807) is 25.3 Å². The highest BCUT2D eigenvalue weighted by Gasteiger charge is 2.37. The molecule has 2 aromatic rings. The number of carbonyl (C=O) groups is 2. The normalized spacial score (nSPS) is 20.5. The van der Waals surface area contributed by atoms with Crippen LogP contribution in [0.4, 0.5) is 5.69 Å². The van der Waals surface area contributed by atoms with Crippen LogP contribution < -0.4 is 20.1 Å². The van der Waals surface area contributed by atoms with Gasteiger partial charge in [-0.25, -0.2) is 0 Å². The summed E-state index contributed by atoms with van der Waals surface area (Å²) in [6, 6.07) is 12.8. The van der Waals surface area contributed by atoms with E-state index in [2.05, 4.69) is 0 Å². The molecule has 1 saturated heterocycles. The van der Waals surface area contributed by atoms with Gasteiger partial charge in [-0.2, -0.15) is 0 Å². The van der Waals surface area contributed by atoms with Crippen molar-refractivity contribution in [1.29, 1.82) is 0 Å². The number of methoxy groups -OCH3 is 1. The number of hydrogen-bond donors (Lipinski definition) is 1. The Bertz CT molecular complexity index is 915. The van der Waals surface area contributed by atoms with Gasteiger partial charge in [-0.15, -0.1) is 11.8 Å². The summed E-state index contributed by atoms with van der Waals surface area (Å²) in [5, 5.41) is -0.584. The lowest BCUT2D eigenvalue weighted by molar-refractivity contribution is -0.122. The molecule has 2 N–H and O–H groups in total. The minimum absolute atomic E-state index is 0.0942. The first-order valence-electron chi connectivity index (χ1n) is 8.84. The van der Waals surface area contributed by atoms with Crippen LogP contribution in [0.25, 0.3) is 0 Å². The van der Waals surface area contributed by atoms with Gasteiger partial charge in [-0.1, -0.05) is 12.1 Å². The van der Waals surface area contributed by atoms with Crippen LogP contribution in [-0.4, -0.2) is 44.8 Å². The Morgan fingerprint density at radius 2 is 2.11 bits per heavy atom. The number of anilines is 1. The van der Waals surface area contributed by atoms with Gasteiger partial charge in [0.05, 0.1) is 19.4 Å². The number of primary amides is 1. The standard InChI is InChI=1S/C20H20N2O5S/c1-25-12-6-7-16(27-11-13-10-26-13)14(8-12)19-20(24)22(9-18(21)23)15-4-2-3-5-17(15)28-19/h2-8,13,19H,9-11H2,1H3,(H2,21,23). The molecule has 2 heterocycles. The molecule has 0 radical (unpaired) electrons. The number of para-hydroxylation sites is 1. The molecular weight excluding hydrogens is 380 g/mol. The summed E-state index contributed by atoms with van der Waals surface area (Å²) in [6.07, 6.45) is 0.0942. The molecular formula is C20H20N2O5S. The Kier molecular flexibility index (Phi) is 5.15. The highest BCUT2D eigenvalue weighted by Crippen LogP contribution is 2.49. The van der Waals surface area contributed by atoms with Gasteiger partial charge in [0.1, 0.15) is 36.0 Å². The Morgan fingerprint density at radius 1 is 1.32 bits per heavy atom. The third-order valence-electron chi connectivity index (χ3n) is 4.53. The summed E-state index contributed by atoms with van der Waals surface area (Å²) in [4.78, 5) is 27.2. The average Bonchev–Trinajstić information content (AvgIpc) is 3.52. The van der Waals surface area contributed by atoms with Gasteiger partial charge in [0, 0.05) is 10.5 Å². The van der Waals surface area contributed by atoms with Crippen molar-refractivity contribution in [2.75, 3.05) is 31.8 Å². The first-order valence-corrected chi connectivity index (χ1v) is 9.72. The summed E-state index contributed by atoms with van der Waals surface area (Å²) in [5.74, 6) is 0.435. The van der Waals surface area contributed by atoms with Gasteiger partial charge in [0.15, 0.2) is 0 Å². The monoisotopic (exact) mass is 400 g/mol. The van der Waals surface area contributed by atoms with Crippen LogP contribution in [0.3, 0.4) is 0 Å². The van der Waals surface area contributed by atoms with Gasteiger partial charge in [0.2, 0.25) is 11.8 Å². The van der Waals surface area contributed by atoms with E-state index in [9.17, 15) is 9.59 Å². The van der Waals surface area contributed by atoms with Gasteiger partial charge in [-0.3, -0.25) is 9.59 Å². The molecule has 7 nitrogen and oxygen atoms in total. The lowest BCUT2D eigenvalue weighted by Crippen LogP contribution is -2.42. The number of carbonyl (C=O) groups excluding carboxylic acids is 2. The molecule has 0 aromatic heterocycles. The van der Waals surface area contributed by atoms with E-state index < -0.39 is 11.2 Å². The molecule has 2 aliphatic rings. The summed E-state index contributed by atoms with van der Waals surface area (Å²) in [5.41, 5.74) is 6.77. The summed E-state index contributed by atoms with van der Waals surface area (Å²) < 4.78 is 16.5. The number of fused-ring (bicyclic) bond motifs is 1. The Balaban J connectivity index is 1.73. The fourth-order valence-electron chi connectivity index (χ4n) is 3.07. The van der Waals surface area contributed by atoms with E-state index in [0.29, 0.717) is 36.0 Å². The Labute approximate surface area is 166 Å². The van der Waals surface area contributed by atoms with Crippen LogP contribution in [0.2, 0.25) is 0 Å². The zero-order valence-corrected chi connectivity index (χ0v) is 16.1. The quantitative estimate of drug-likeness (QED) is 0.716. The smallest absolute Gasteiger partial charge is 0.245 e. The number of epoxide rings is 1. The maximum Gasteiger partial charge on any atom is 0.245 e. The van der Waals surface area contributed by atoms with E-state index in [4.69, 9.17) is 19.9 Å². The zero-order chi connectivity index (χ0) is 19.7. The minimum atomic E-state index is -0.584. The largest absolute Gasteiger partial charge is 0.497 e. The van der Waals surface area contributed by atoms with Crippen molar-refractivity contribution in [3.63, 3.8) is 0 Å². The van der Waals surface area contributed by atoms with E-state index in [0.717, 1.165) is 4.90 Å². The predicted octanol–water partition coefficient (Wildman–Crippen LogP) is 2.14. The number of benzene rings is 2. The number of thioether (sulfide) groups is 1. The van der Waals surface area contributed by atoms with Crippen LogP contribution in [-0.2, 0) is 14.3 Å². The molecule has 0 saturated carbocycles. The summed E-state index contributed by atoms with van der Waals surface area (Å²) >= 11 is 1.42. The third-order valence-corrected chi connectivity index (χ3v) is 5.82. The van der Waals surface area contributed by atoms with Gasteiger partial charge in [-0.05, 0) is 30.3 Å². The molecule has 4 rings (SSSR count). The molecule has 2 unspecified atom stereocenters. The predicted molar refractivity (Wildman–Crippen MR) is 105 cm³/mol. The SMILES string of the molecule is COc1ccc(OCC2CO2)c(C2Sc3ccccc3N(CC(N)=O)C2=O)c1. The molecule has 2 aromatic carbocycles. The molecule has 2 aliphatic heterocycles. The number of nitrogens with zero attached hydrogens (tertiary/aromatic N) is 1.